The summed E-state index contributed by atoms with van der Waals surface area (Å²) in [5.74, 6) is 0.950. The van der Waals surface area contributed by atoms with Crippen LogP contribution in [0, 0.1) is 0 Å². The normalized spacial score (nSPS) is 18.3. The molecule has 0 saturated carbocycles. The standard InChI is InChI=1S/C17H22N2O2/c1-3-12-9-13(19(4-2)18-12)10-16(20)15-11-21-17-8-6-5-7-14(15)17/h5-9,15-16,20H,3-4,10-11H2,1-2H3. The van der Waals surface area contributed by atoms with Crippen molar-refractivity contribution >= 4 is 0 Å². The molecule has 1 aromatic heterocycles. The van der Waals surface area contributed by atoms with Gasteiger partial charge >= 0.3 is 0 Å². The molecule has 1 aromatic carbocycles. The van der Waals surface area contributed by atoms with Crippen LogP contribution >= 0.6 is 0 Å². The summed E-state index contributed by atoms with van der Waals surface area (Å²) in [6.07, 6.45) is 1.09. The molecule has 1 N–H and O–H groups in total. The molecule has 1 aliphatic heterocycles. The summed E-state index contributed by atoms with van der Waals surface area (Å²) in [5.41, 5.74) is 3.30. The molecule has 2 atom stereocenters. The number of aliphatic hydroxyl groups is 1. The molecule has 4 heteroatoms. The minimum absolute atomic E-state index is 0.0477. The summed E-state index contributed by atoms with van der Waals surface area (Å²) in [5, 5.41) is 15.2. The number of nitrogens with zero attached hydrogens (tertiary/aromatic N) is 2. The molecule has 0 fully saturated rings. The van der Waals surface area contributed by atoms with Crippen LogP contribution in [0.1, 0.15) is 36.7 Å². The third-order valence-corrected chi connectivity index (χ3v) is 4.20. The Morgan fingerprint density at radius 2 is 2.19 bits per heavy atom. The number of aryl methyl sites for hydroxylation is 2. The van der Waals surface area contributed by atoms with Gasteiger partial charge in [0.25, 0.3) is 0 Å². The third-order valence-electron chi connectivity index (χ3n) is 4.20. The van der Waals surface area contributed by atoms with Gasteiger partial charge in [-0.2, -0.15) is 5.10 Å². The monoisotopic (exact) mass is 286 g/mol. The first-order chi connectivity index (χ1) is 10.2. The largest absolute Gasteiger partial charge is 0.493 e. The lowest BCUT2D eigenvalue weighted by Gasteiger charge is -2.17. The Bertz CT molecular complexity index is 621. The third kappa shape index (κ3) is 2.68. The molecular formula is C17H22N2O2. The van der Waals surface area contributed by atoms with Crippen LogP contribution in [0.3, 0.4) is 0 Å². The summed E-state index contributed by atoms with van der Waals surface area (Å²) >= 11 is 0. The van der Waals surface area contributed by atoms with Crippen LogP contribution in [-0.2, 0) is 19.4 Å². The van der Waals surface area contributed by atoms with Gasteiger partial charge in [-0.05, 0) is 25.5 Å². The predicted octanol–water partition coefficient (Wildman–Crippen LogP) is 2.55. The predicted molar refractivity (Wildman–Crippen MR) is 81.7 cm³/mol. The first-order valence-electron chi connectivity index (χ1n) is 7.68. The second kappa shape index (κ2) is 5.90. The number of ether oxygens (including phenoxy) is 1. The van der Waals surface area contributed by atoms with Crippen molar-refractivity contribution in [2.24, 2.45) is 0 Å². The second-order valence-electron chi connectivity index (χ2n) is 5.52. The van der Waals surface area contributed by atoms with Gasteiger partial charge in [-0.1, -0.05) is 25.1 Å². The van der Waals surface area contributed by atoms with Crippen LogP contribution in [0.5, 0.6) is 5.75 Å². The van der Waals surface area contributed by atoms with Gasteiger partial charge in [0.15, 0.2) is 0 Å². The quantitative estimate of drug-likeness (QED) is 0.919. The zero-order valence-electron chi connectivity index (χ0n) is 12.6. The molecule has 1 aliphatic rings. The van der Waals surface area contributed by atoms with Gasteiger partial charge in [0.2, 0.25) is 0 Å². The van der Waals surface area contributed by atoms with Gasteiger partial charge in [-0.15, -0.1) is 0 Å². The van der Waals surface area contributed by atoms with Crippen LogP contribution in [0.25, 0.3) is 0 Å². The molecule has 2 unspecified atom stereocenters. The Kier molecular flexibility index (Phi) is 3.97. The number of hydrogen-bond donors (Lipinski definition) is 1. The van der Waals surface area contributed by atoms with Crippen molar-refractivity contribution in [3.05, 3.63) is 47.3 Å². The number of para-hydroxylation sites is 1. The molecule has 2 heterocycles. The molecule has 4 nitrogen and oxygen atoms in total. The fourth-order valence-corrected chi connectivity index (χ4v) is 2.99. The molecular weight excluding hydrogens is 264 g/mol. The maximum atomic E-state index is 10.6. The SMILES string of the molecule is CCc1cc(CC(O)C2COc3ccccc32)n(CC)n1. The molecule has 0 radical (unpaired) electrons. The lowest BCUT2D eigenvalue weighted by atomic mass is 9.92. The molecule has 21 heavy (non-hydrogen) atoms. The van der Waals surface area contributed by atoms with Gasteiger partial charge in [-0.3, -0.25) is 4.68 Å². The summed E-state index contributed by atoms with van der Waals surface area (Å²) < 4.78 is 7.66. The van der Waals surface area contributed by atoms with Crippen molar-refractivity contribution in [1.82, 2.24) is 9.78 Å². The molecule has 3 rings (SSSR count). The Labute approximate surface area is 125 Å². The van der Waals surface area contributed by atoms with E-state index in [1.165, 1.54) is 0 Å². The molecule has 2 aromatic rings. The van der Waals surface area contributed by atoms with E-state index in [1.807, 2.05) is 28.9 Å². The Hall–Kier alpha value is -1.81. The minimum atomic E-state index is -0.444. The first-order valence-corrected chi connectivity index (χ1v) is 7.68. The van der Waals surface area contributed by atoms with E-state index in [0.29, 0.717) is 13.0 Å². The number of hydrogen-bond acceptors (Lipinski definition) is 3. The van der Waals surface area contributed by atoms with E-state index in [0.717, 1.165) is 35.7 Å². The van der Waals surface area contributed by atoms with Crippen molar-refractivity contribution in [3.63, 3.8) is 0 Å². The minimum Gasteiger partial charge on any atom is -0.493 e. The summed E-state index contributed by atoms with van der Waals surface area (Å²) in [6, 6.07) is 10.1. The number of benzene rings is 1. The molecule has 0 amide bonds. The summed E-state index contributed by atoms with van der Waals surface area (Å²) in [7, 11) is 0. The van der Waals surface area contributed by atoms with Crippen molar-refractivity contribution in [1.29, 1.82) is 0 Å². The topological polar surface area (TPSA) is 47.3 Å². The smallest absolute Gasteiger partial charge is 0.123 e. The Morgan fingerprint density at radius 3 is 2.95 bits per heavy atom. The number of rotatable bonds is 5. The first kappa shape index (κ1) is 14.1. The van der Waals surface area contributed by atoms with Crippen LogP contribution in [0.2, 0.25) is 0 Å². The highest BCUT2D eigenvalue weighted by Gasteiger charge is 2.30. The highest BCUT2D eigenvalue weighted by Crippen LogP contribution is 2.36. The van der Waals surface area contributed by atoms with E-state index in [4.69, 9.17) is 4.74 Å². The van der Waals surface area contributed by atoms with Crippen LogP contribution < -0.4 is 4.74 Å². The average molecular weight is 286 g/mol. The fraction of sp³-hybridized carbons (Fsp3) is 0.471. The highest BCUT2D eigenvalue weighted by atomic mass is 16.5. The van der Waals surface area contributed by atoms with Crippen LogP contribution in [-0.4, -0.2) is 27.6 Å². The number of aliphatic hydroxyl groups excluding tert-OH is 1. The lowest BCUT2D eigenvalue weighted by molar-refractivity contribution is 0.127. The second-order valence-corrected chi connectivity index (χ2v) is 5.52. The summed E-state index contributed by atoms with van der Waals surface area (Å²) in [4.78, 5) is 0. The van der Waals surface area contributed by atoms with E-state index in [9.17, 15) is 5.11 Å². The molecule has 112 valence electrons. The number of aromatic nitrogens is 2. The van der Waals surface area contributed by atoms with Gasteiger partial charge < -0.3 is 9.84 Å². The maximum Gasteiger partial charge on any atom is 0.123 e. The van der Waals surface area contributed by atoms with Crippen LogP contribution in [0.4, 0.5) is 0 Å². The van der Waals surface area contributed by atoms with Crippen molar-refractivity contribution in [2.75, 3.05) is 6.61 Å². The van der Waals surface area contributed by atoms with Gasteiger partial charge in [0.05, 0.1) is 18.4 Å². The molecule has 0 bridgehead atoms. The highest BCUT2D eigenvalue weighted by molar-refractivity contribution is 5.40. The van der Waals surface area contributed by atoms with E-state index in [1.54, 1.807) is 0 Å². The van der Waals surface area contributed by atoms with E-state index < -0.39 is 6.10 Å². The lowest BCUT2D eigenvalue weighted by Crippen LogP contribution is -2.23. The maximum absolute atomic E-state index is 10.6. The van der Waals surface area contributed by atoms with Crippen molar-refractivity contribution < 1.29 is 9.84 Å². The van der Waals surface area contributed by atoms with Gasteiger partial charge in [0.1, 0.15) is 5.75 Å². The van der Waals surface area contributed by atoms with E-state index in [2.05, 4.69) is 25.0 Å². The molecule has 0 saturated heterocycles. The molecule has 0 aliphatic carbocycles. The van der Waals surface area contributed by atoms with E-state index >= 15 is 0 Å². The van der Waals surface area contributed by atoms with Crippen molar-refractivity contribution in [3.8, 4) is 5.75 Å². The van der Waals surface area contributed by atoms with Crippen LogP contribution in [0.15, 0.2) is 30.3 Å². The zero-order valence-corrected chi connectivity index (χ0v) is 12.6. The van der Waals surface area contributed by atoms with E-state index in [-0.39, 0.29) is 5.92 Å². The zero-order chi connectivity index (χ0) is 14.8. The average Bonchev–Trinajstić information content (AvgIpc) is 3.10. The Morgan fingerprint density at radius 1 is 1.38 bits per heavy atom. The Balaban J connectivity index is 1.78. The number of fused-ring (bicyclic) bond motifs is 1. The molecule has 0 spiro atoms. The summed E-state index contributed by atoms with van der Waals surface area (Å²) in [6.45, 7) is 5.57. The van der Waals surface area contributed by atoms with Gasteiger partial charge in [0, 0.05) is 30.1 Å². The fourth-order valence-electron chi connectivity index (χ4n) is 2.99. The van der Waals surface area contributed by atoms with Crippen molar-refractivity contribution in [2.45, 2.75) is 45.3 Å². The van der Waals surface area contributed by atoms with Gasteiger partial charge in [-0.25, -0.2) is 0 Å².